The summed E-state index contributed by atoms with van der Waals surface area (Å²) in [6.45, 7) is 12.4. The molecule has 15 nitrogen and oxygen atoms in total. The lowest BCUT2D eigenvalue weighted by atomic mass is 10.0. The lowest BCUT2D eigenvalue weighted by Gasteiger charge is -2.35. The number of hydrogen-bond donors (Lipinski definition) is 1. The Hall–Kier alpha value is -6.04. The molecule has 1 aliphatic heterocycles. The van der Waals surface area contributed by atoms with Gasteiger partial charge in [-0.05, 0) is 89.9 Å². The van der Waals surface area contributed by atoms with Crippen LogP contribution in [0.4, 0.5) is 17.3 Å². The van der Waals surface area contributed by atoms with Crippen molar-refractivity contribution in [1.29, 1.82) is 5.26 Å². The van der Waals surface area contributed by atoms with Gasteiger partial charge in [-0.3, -0.25) is 33.6 Å². The van der Waals surface area contributed by atoms with Crippen LogP contribution in [0.15, 0.2) is 92.0 Å². The van der Waals surface area contributed by atoms with Crippen LogP contribution < -0.4 is 27.4 Å². The minimum absolute atomic E-state index is 0.0689. The van der Waals surface area contributed by atoms with E-state index in [2.05, 4.69) is 43.4 Å². The standard InChI is InChI=1S/C43H46N7O8P/c1-26(2)50(27(3)4)59(57-23-8-22-44)58-24-21-30-13-19-33(20-14-30)47-36-34(41(54)49(42(55)45-36)39(52)32-17-11-29(6)12-18-32)25-35-37(47)48(43(56)46(7)40(35)53)38(51)31-15-9-28(5)10-16-31/h9-20,26-27H,8,21,23-25H2,1-7H3,(H,45,55). The first kappa shape index (κ1) is 42.6. The molecule has 0 saturated carbocycles. The molecular weight excluding hydrogens is 773 g/mol. The summed E-state index contributed by atoms with van der Waals surface area (Å²) < 4.78 is 16.6. The summed E-state index contributed by atoms with van der Waals surface area (Å²) in [5.74, 6) is -1.84. The molecule has 16 heteroatoms. The highest BCUT2D eigenvalue weighted by Crippen LogP contribution is 2.46. The van der Waals surface area contributed by atoms with Gasteiger partial charge in [-0.1, -0.05) is 47.5 Å². The molecule has 0 aliphatic carbocycles. The molecule has 6 rings (SSSR count). The zero-order valence-corrected chi connectivity index (χ0v) is 34.9. The quantitative estimate of drug-likeness (QED) is 0.113. The number of rotatable bonds is 13. The van der Waals surface area contributed by atoms with Gasteiger partial charge in [0.25, 0.3) is 31.5 Å². The van der Waals surface area contributed by atoms with Gasteiger partial charge in [0.1, 0.15) is 11.6 Å². The van der Waals surface area contributed by atoms with Crippen molar-refractivity contribution in [3.05, 3.63) is 153 Å². The minimum atomic E-state index is -1.47. The third-order valence-corrected chi connectivity index (χ3v) is 12.0. The molecule has 1 N–H and O–H groups in total. The van der Waals surface area contributed by atoms with E-state index in [9.17, 15) is 28.8 Å². The number of aromatic nitrogens is 4. The highest BCUT2D eigenvalue weighted by atomic mass is 31.2. The van der Waals surface area contributed by atoms with E-state index in [0.717, 1.165) is 25.8 Å². The van der Waals surface area contributed by atoms with Crippen LogP contribution in [0.3, 0.4) is 0 Å². The van der Waals surface area contributed by atoms with Gasteiger partial charge >= 0.3 is 11.4 Å². The Morgan fingerprint density at radius 3 is 1.86 bits per heavy atom. The van der Waals surface area contributed by atoms with Gasteiger partial charge in [-0.25, -0.2) is 18.8 Å². The first-order valence-electron chi connectivity index (χ1n) is 19.2. The number of nitriles is 1. The molecule has 59 heavy (non-hydrogen) atoms. The SMILES string of the molecule is Cc1ccc(C(=O)n2c3c(c(=O)n(C)c2=O)Cc2c([nH]c(=O)n(C(=O)c4ccc(C)cc4)c2=O)N3c2ccc(CCOP(OCCC#N)N(C(C)C)C(C)C)cc2)cc1. The van der Waals surface area contributed by atoms with Crippen molar-refractivity contribution in [3.63, 3.8) is 0 Å². The molecule has 1 aliphatic rings. The van der Waals surface area contributed by atoms with Crippen molar-refractivity contribution < 1.29 is 18.6 Å². The summed E-state index contributed by atoms with van der Waals surface area (Å²) in [5, 5.41) is 9.06. The number of H-pyrrole nitrogens is 1. The highest BCUT2D eigenvalue weighted by Gasteiger charge is 2.37. The lowest BCUT2D eigenvalue weighted by molar-refractivity contribution is 0.0945. The molecule has 306 valence electrons. The van der Waals surface area contributed by atoms with Crippen LogP contribution in [0.1, 0.15) is 82.6 Å². The first-order valence-corrected chi connectivity index (χ1v) is 20.3. The number of hydrogen-bond acceptors (Lipinski definition) is 11. The maximum atomic E-state index is 14.3. The number of aromatic amines is 1. The summed E-state index contributed by atoms with van der Waals surface area (Å²) in [4.78, 5) is 88.1. The topological polar surface area (TPSA) is 182 Å². The van der Waals surface area contributed by atoms with Crippen LogP contribution in [-0.4, -0.2) is 60.5 Å². The molecule has 1 atom stereocenters. The largest absolute Gasteiger partial charge is 0.339 e. The predicted octanol–water partition coefficient (Wildman–Crippen LogP) is 5.60. The van der Waals surface area contributed by atoms with Crippen molar-refractivity contribution >= 4 is 37.7 Å². The van der Waals surface area contributed by atoms with Crippen molar-refractivity contribution in [1.82, 2.24) is 23.4 Å². The van der Waals surface area contributed by atoms with Crippen molar-refractivity contribution in [3.8, 4) is 6.07 Å². The molecule has 0 fully saturated rings. The Morgan fingerprint density at radius 1 is 0.780 bits per heavy atom. The molecule has 0 spiro atoms. The average molecular weight is 820 g/mol. The first-order chi connectivity index (χ1) is 28.1. The van der Waals surface area contributed by atoms with Crippen molar-refractivity contribution in [2.75, 3.05) is 18.1 Å². The summed E-state index contributed by atoms with van der Waals surface area (Å²) in [6, 6.07) is 22.3. The fourth-order valence-corrected chi connectivity index (χ4v) is 8.57. The van der Waals surface area contributed by atoms with E-state index in [0.29, 0.717) is 16.7 Å². The second-order valence-electron chi connectivity index (χ2n) is 14.8. The predicted molar refractivity (Wildman–Crippen MR) is 225 cm³/mol. The summed E-state index contributed by atoms with van der Waals surface area (Å²) in [7, 11) is -0.222. The third-order valence-electron chi connectivity index (χ3n) is 9.94. The number of anilines is 3. The van der Waals surface area contributed by atoms with Gasteiger partial charge in [0.15, 0.2) is 0 Å². The van der Waals surface area contributed by atoms with E-state index in [1.54, 1.807) is 60.7 Å². The Labute approximate surface area is 341 Å². The Kier molecular flexibility index (Phi) is 12.9. The Bertz CT molecular complexity index is 2670. The molecular formula is C43H46N7O8P. The number of carbonyl (C=O) groups is 2. The molecule has 3 heterocycles. The van der Waals surface area contributed by atoms with Crippen LogP contribution >= 0.6 is 8.53 Å². The number of fused-ring (bicyclic) bond motifs is 2. The molecule has 0 bridgehead atoms. The van der Waals surface area contributed by atoms with E-state index in [1.165, 1.54) is 24.1 Å². The summed E-state index contributed by atoms with van der Waals surface area (Å²) in [5.41, 5.74) is -0.684. The van der Waals surface area contributed by atoms with Gasteiger partial charge in [0, 0.05) is 42.4 Å². The number of nitrogens with one attached hydrogen (secondary N) is 1. The molecule has 2 aromatic heterocycles. The molecule has 0 amide bonds. The van der Waals surface area contributed by atoms with Gasteiger partial charge in [-0.2, -0.15) is 9.83 Å². The van der Waals surface area contributed by atoms with Gasteiger partial charge in [-0.15, -0.1) is 0 Å². The van der Waals surface area contributed by atoms with Gasteiger partial charge in [0.2, 0.25) is 0 Å². The van der Waals surface area contributed by atoms with Crippen molar-refractivity contribution in [2.45, 2.75) is 72.9 Å². The average Bonchev–Trinajstić information content (AvgIpc) is 3.20. The van der Waals surface area contributed by atoms with Crippen molar-refractivity contribution in [2.24, 2.45) is 7.05 Å². The van der Waals surface area contributed by atoms with E-state index in [4.69, 9.17) is 14.3 Å². The zero-order chi connectivity index (χ0) is 42.7. The minimum Gasteiger partial charge on any atom is -0.322 e. The second-order valence-corrected chi connectivity index (χ2v) is 16.3. The van der Waals surface area contributed by atoms with E-state index in [-0.39, 0.29) is 65.6 Å². The van der Waals surface area contributed by atoms with Crippen LogP contribution in [0.25, 0.3) is 0 Å². The van der Waals surface area contributed by atoms with E-state index >= 15 is 0 Å². The normalized spacial score (nSPS) is 12.7. The number of carbonyl (C=O) groups excluding carboxylic acids is 2. The van der Waals surface area contributed by atoms with Crippen LogP contribution in [0.5, 0.6) is 0 Å². The maximum absolute atomic E-state index is 14.3. The molecule has 0 saturated heterocycles. The Morgan fingerprint density at radius 2 is 1.32 bits per heavy atom. The van der Waals surface area contributed by atoms with Crippen LogP contribution in [0.2, 0.25) is 0 Å². The highest BCUT2D eigenvalue weighted by molar-refractivity contribution is 7.44. The number of nitrogens with zero attached hydrogens (tertiary/aromatic N) is 6. The summed E-state index contributed by atoms with van der Waals surface area (Å²) in [6.07, 6.45) is 0.289. The zero-order valence-electron chi connectivity index (χ0n) is 34.0. The Balaban J connectivity index is 1.46. The fraction of sp³-hybridized carbons (Fsp3) is 0.326. The molecule has 5 aromatic rings. The van der Waals surface area contributed by atoms with Gasteiger partial charge in [0.05, 0.1) is 36.8 Å². The van der Waals surface area contributed by atoms with Gasteiger partial charge < -0.3 is 9.05 Å². The summed E-state index contributed by atoms with van der Waals surface area (Å²) >= 11 is 0. The smallest absolute Gasteiger partial charge is 0.322 e. The number of benzene rings is 3. The third kappa shape index (κ3) is 8.58. The van der Waals surface area contributed by atoms with E-state index < -0.39 is 49.3 Å². The monoisotopic (exact) mass is 819 g/mol. The molecule has 3 aromatic carbocycles. The molecule has 1 unspecified atom stereocenters. The van der Waals surface area contributed by atoms with E-state index in [1.807, 2.05) is 13.8 Å². The van der Waals surface area contributed by atoms with Crippen LogP contribution in [0, 0.1) is 25.2 Å². The molecule has 0 radical (unpaired) electrons. The maximum Gasteiger partial charge on any atom is 0.339 e. The lowest BCUT2D eigenvalue weighted by Crippen LogP contribution is -2.49. The van der Waals surface area contributed by atoms with Crippen LogP contribution in [-0.2, 0) is 28.9 Å². The number of aryl methyl sites for hydroxylation is 2. The second kappa shape index (κ2) is 17.8. The fourth-order valence-electron chi connectivity index (χ4n) is 6.98.